The van der Waals surface area contributed by atoms with Crippen molar-refractivity contribution in [3.8, 4) is 0 Å². The smallest absolute Gasteiger partial charge is 0.254 e. The molecule has 5 nitrogen and oxygen atoms in total. The predicted molar refractivity (Wildman–Crippen MR) is 67.4 cm³/mol. The van der Waals surface area contributed by atoms with Crippen LogP contribution in [0.2, 0.25) is 0 Å². The summed E-state index contributed by atoms with van der Waals surface area (Å²) in [5, 5.41) is 2.91. The summed E-state index contributed by atoms with van der Waals surface area (Å²) in [6.45, 7) is 6.00. The first-order valence-electron chi connectivity index (χ1n) is 6.33. The van der Waals surface area contributed by atoms with Gasteiger partial charge in [0.05, 0.1) is 11.3 Å². The lowest BCUT2D eigenvalue weighted by molar-refractivity contribution is 0.0949. The normalized spacial score (nSPS) is 18.9. The number of rotatable bonds is 4. The SMILES string of the molecule is Cc1ncc(C(=O)NCC[C@@H]2CCOC2)c(C)n1. The Labute approximate surface area is 107 Å². The van der Waals surface area contributed by atoms with Gasteiger partial charge < -0.3 is 10.1 Å². The van der Waals surface area contributed by atoms with Crippen molar-refractivity contribution < 1.29 is 9.53 Å². The number of hydrogen-bond acceptors (Lipinski definition) is 4. The summed E-state index contributed by atoms with van der Waals surface area (Å²) in [4.78, 5) is 20.2. The number of ether oxygens (including phenoxy) is 1. The summed E-state index contributed by atoms with van der Waals surface area (Å²) in [5.41, 5.74) is 1.28. The first kappa shape index (κ1) is 13.0. The molecule has 1 saturated heterocycles. The molecule has 98 valence electrons. The van der Waals surface area contributed by atoms with Crippen molar-refractivity contribution in [2.24, 2.45) is 5.92 Å². The maximum absolute atomic E-state index is 11.9. The predicted octanol–water partition coefficient (Wildman–Crippen LogP) is 1.25. The highest BCUT2D eigenvalue weighted by Crippen LogP contribution is 2.15. The Balaban J connectivity index is 1.83. The van der Waals surface area contributed by atoms with Crippen molar-refractivity contribution in [3.63, 3.8) is 0 Å². The Bertz CT molecular complexity index is 428. The molecule has 1 fully saturated rings. The van der Waals surface area contributed by atoms with Gasteiger partial charge in [-0.1, -0.05) is 0 Å². The van der Waals surface area contributed by atoms with Gasteiger partial charge in [-0.3, -0.25) is 4.79 Å². The van der Waals surface area contributed by atoms with E-state index in [4.69, 9.17) is 4.74 Å². The molecule has 18 heavy (non-hydrogen) atoms. The molecule has 0 saturated carbocycles. The number of carbonyl (C=O) groups is 1. The van der Waals surface area contributed by atoms with E-state index in [0.29, 0.717) is 23.9 Å². The maximum Gasteiger partial charge on any atom is 0.254 e. The van der Waals surface area contributed by atoms with Crippen LogP contribution < -0.4 is 5.32 Å². The molecule has 1 N–H and O–H groups in total. The van der Waals surface area contributed by atoms with Crippen molar-refractivity contribution in [1.29, 1.82) is 0 Å². The monoisotopic (exact) mass is 249 g/mol. The highest BCUT2D eigenvalue weighted by atomic mass is 16.5. The van der Waals surface area contributed by atoms with Gasteiger partial charge in [0.2, 0.25) is 0 Å². The zero-order valence-electron chi connectivity index (χ0n) is 10.9. The lowest BCUT2D eigenvalue weighted by Crippen LogP contribution is -2.27. The van der Waals surface area contributed by atoms with E-state index in [1.165, 1.54) is 0 Å². The maximum atomic E-state index is 11.9. The minimum Gasteiger partial charge on any atom is -0.381 e. The van der Waals surface area contributed by atoms with E-state index in [0.717, 1.165) is 31.7 Å². The van der Waals surface area contributed by atoms with Crippen LogP contribution in [0.5, 0.6) is 0 Å². The molecule has 0 radical (unpaired) electrons. The fourth-order valence-corrected chi connectivity index (χ4v) is 2.10. The van der Waals surface area contributed by atoms with Crippen LogP contribution in [0, 0.1) is 19.8 Å². The number of aryl methyl sites for hydroxylation is 2. The summed E-state index contributed by atoms with van der Waals surface area (Å²) in [6.07, 6.45) is 3.66. The van der Waals surface area contributed by atoms with E-state index < -0.39 is 0 Å². The second kappa shape index (κ2) is 5.91. The number of aromatic nitrogens is 2. The molecular formula is C13H19N3O2. The average Bonchev–Trinajstić information content (AvgIpc) is 2.81. The second-order valence-electron chi connectivity index (χ2n) is 4.69. The molecule has 1 atom stereocenters. The molecule has 0 spiro atoms. The van der Waals surface area contributed by atoms with Gasteiger partial charge >= 0.3 is 0 Å². The molecule has 0 aliphatic carbocycles. The topological polar surface area (TPSA) is 64.1 Å². The van der Waals surface area contributed by atoms with Gasteiger partial charge in [0.25, 0.3) is 5.91 Å². The fourth-order valence-electron chi connectivity index (χ4n) is 2.10. The number of hydrogen-bond donors (Lipinski definition) is 1. The van der Waals surface area contributed by atoms with Crippen molar-refractivity contribution in [1.82, 2.24) is 15.3 Å². The highest BCUT2D eigenvalue weighted by molar-refractivity contribution is 5.94. The zero-order valence-corrected chi connectivity index (χ0v) is 10.9. The first-order chi connectivity index (χ1) is 8.66. The quantitative estimate of drug-likeness (QED) is 0.872. The fraction of sp³-hybridized carbons (Fsp3) is 0.615. The molecule has 1 aromatic heterocycles. The Morgan fingerprint density at radius 2 is 2.39 bits per heavy atom. The van der Waals surface area contributed by atoms with Crippen LogP contribution in [0.1, 0.15) is 34.7 Å². The van der Waals surface area contributed by atoms with Gasteiger partial charge in [-0.25, -0.2) is 9.97 Å². The average molecular weight is 249 g/mol. The summed E-state index contributed by atoms with van der Waals surface area (Å²) in [7, 11) is 0. The molecule has 1 amide bonds. The molecule has 0 unspecified atom stereocenters. The van der Waals surface area contributed by atoms with Gasteiger partial charge in [0.1, 0.15) is 5.82 Å². The summed E-state index contributed by atoms with van der Waals surface area (Å²) >= 11 is 0. The summed E-state index contributed by atoms with van der Waals surface area (Å²) in [6, 6.07) is 0. The molecule has 0 aromatic carbocycles. The Morgan fingerprint density at radius 1 is 1.56 bits per heavy atom. The van der Waals surface area contributed by atoms with E-state index in [1.54, 1.807) is 6.20 Å². The van der Waals surface area contributed by atoms with Crippen molar-refractivity contribution >= 4 is 5.91 Å². The van der Waals surface area contributed by atoms with Crippen LogP contribution in [-0.2, 0) is 4.74 Å². The van der Waals surface area contributed by atoms with Crippen LogP contribution in [-0.4, -0.2) is 35.6 Å². The molecule has 1 aliphatic rings. The molecular weight excluding hydrogens is 230 g/mol. The Hall–Kier alpha value is -1.49. The number of nitrogens with one attached hydrogen (secondary N) is 1. The summed E-state index contributed by atoms with van der Waals surface area (Å²) < 4.78 is 5.30. The van der Waals surface area contributed by atoms with Crippen LogP contribution in [0.4, 0.5) is 0 Å². The molecule has 1 aliphatic heterocycles. The number of amides is 1. The van der Waals surface area contributed by atoms with Crippen LogP contribution in [0.25, 0.3) is 0 Å². The Kier molecular flexibility index (Phi) is 4.25. The van der Waals surface area contributed by atoms with Crippen molar-refractivity contribution in [2.75, 3.05) is 19.8 Å². The lowest BCUT2D eigenvalue weighted by atomic mass is 10.1. The van der Waals surface area contributed by atoms with Crippen molar-refractivity contribution in [2.45, 2.75) is 26.7 Å². The zero-order chi connectivity index (χ0) is 13.0. The summed E-state index contributed by atoms with van der Waals surface area (Å²) in [5.74, 6) is 1.18. The number of carbonyl (C=O) groups excluding carboxylic acids is 1. The molecule has 1 aromatic rings. The molecule has 2 rings (SSSR count). The largest absolute Gasteiger partial charge is 0.381 e. The van der Waals surface area contributed by atoms with E-state index in [9.17, 15) is 4.79 Å². The van der Waals surface area contributed by atoms with E-state index in [1.807, 2.05) is 13.8 Å². The van der Waals surface area contributed by atoms with E-state index in [2.05, 4.69) is 15.3 Å². The first-order valence-corrected chi connectivity index (χ1v) is 6.33. The van der Waals surface area contributed by atoms with Crippen LogP contribution in [0.15, 0.2) is 6.20 Å². The molecule has 0 bridgehead atoms. The lowest BCUT2D eigenvalue weighted by Gasteiger charge is -2.09. The third-order valence-electron chi connectivity index (χ3n) is 3.21. The van der Waals surface area contributed by atoms with Gasteiger partial charge in [-0.2, -0.15) is 0 Å². The van der Waals surface area contributed by atoms with Crippen LogP contribution >= 0.6 is 0 Å². The third-order valence-corrected chi connectivity index (χ3v) is 3.21. The van der Waals surface area contributed by atoms with Gasteiger partial charge in [0.15, 0.2) is 0 Å². The highest BCUT2D eigenvalue weighted by Gasteiger charge is 2.16. The molecule has 2 heterocycles. The van der Waals surface area contributed by atoms with E-state index in [-0.39, 0.29) is 5.91 Å². The molecule has 5 heteroatoms. The van der Waals surface area contributed by atoms with Gasteiger partial charge in [-0.15, -0.1) is 0 Å². The standard InChI is InChI=1S/C13H19N3O2/c1-9-12(7-15-10(2)16-9)13(17)14-5-3-11-4-6-18-8-11/h7,11H,3-6,8H2,1-2H3,(H,14,17)/t11-/m1/s1. The minimum atomic E-state index is -0.0913. The minimum absolute atomic E-state index is 0.0913. The second-order valence-corrected chi connectivity index (χ2v) is 4.69. The van der Waals surface area contributed by atoms with E-state index >= 15 is 0 Å². The number of nitrogens with zero attached hydrogens (tertiary/aromatic N) is 2. The Morgan fingerprint density at radius 3 is 3.06 bits per heavy atom. The van der Waals surface area contributed by atoms with Crippen molar-refractivity contribution in [3.05, 3.63) is 23.3 Å². The van der Waals surface area contributed by atoms with Gasteiger partial charge in [0, 0.05) is 26.0 Å². The van der Waals surface area contributed by atoms with Gasteiger partial charge in [-0.05, 0) is 32.6 Å². The van der Waals surface area contributed by atoms with Crippen LogP contribution in [0.3, 0.4) is 0 Å². The third kappa shape index (κ3) is 3.26.